The Morgan fingerprint density at radius 1 is 0.526 bits per heavy atom. The Morgan fingerprint density at radius 2 is 1.09 bits per heavy atom. The molecule has 0 unspecified atom stereocenters. The summed E-state index contributed by atoms with van der Waals surface area (Å²) in [5, 5.41) is 2.51. The van der Waals surface area contributed by atoms with Crippen molar-refractivity contribution in [2.75, 3.05) is 14.7 Å². The van der Waals surface area contributed by atoms with Gasteiger partial charge in [0.2, 0.25) is 0 Å². The fourth-order valence-corrected chi connectivity index (χ4v) is 15.3. The third-order valence-corrected chi connectivity index (χ3v) is 19.8. The van der Waals surface area contributed by atoms with Gasteiger partial charge in [-0.2, -0.15) is 0 Å². The number of hydrogen-bond donors (Lipinski definition) is 0. The van der Waals surface area contributed by atoms with E-state index >= 15 is 0 Å². The zero-order valence-electron chi connectivity index (χ0n) is 50.0. The van der Waals surface area contributed by atoms with E-state index in [1.54, 1.807) is 0 Å². The molecule has 8 aromatic carbocycles. The minimum atomic E-state index is -2.42. The lowest BCUT2D eigenvalue weighted by Crippen LogP contribution is -2.62. The lowest BCUT2D eigenvalue weighted by molar-refractivity contribution is 0.332. The molecule has 76 heavy (non-hydrogen) atoms. The van der Waals surface area contributed by atoms with Crippen molar-refractivity contribution in [3.05, 3.63) is 190 Å². The van der Waals surface area contributed by atoms with Crippen LogP contribution in [-0.2, 0) is 27.1 Å². The molecule has 2 aliphatic carbocycles. The molecule has 0 radical (unpaired) electrons. The molecular formula is C71H74BN3S. The Balaban J connectivity index is 1.19. The summed E-state index contributed by atoms with van der Waals surface area (Å²) in [6.07, 6.45) is 4.39. The van der Waals surface area contributed by atoms with Gasteiger partial charge >= 0.3 is 0 Å². The van der Waals surface area contributed by atoms with E-state index in [0.717, 1.165) is 82.3 Å². The molecule has 0 saturated carbocycles. The minimum Gasteiger partial charge on any atom is -0.311 e. The van der Waals surface area contributed by atoms with Gasteiger partial charge in [0.15, 0.2) is 0 Å². The maximum atomic E-state index is 9.42. The molecule has 5 heteroatoms. The number of anilines is 9. The van der Waals surface area contributed by atoms with Crippen LogP contribution in [-0.4, -0.2) is 6.71 Å². The number of thiophene rings is 1. The molecule has 13 rings (SSSR count). The predicted molar refractivity (Wildman–Crippen MR) is 332 cm³/mol. The van der Waals surface area contributed by atoms with E-state index in [2.05, 4.69) is 238 Å². The largest absolute Gasteiger partial charge is 0.311 e. The van der Waals surface area contributed by atoms with Gasteiger partial charge in [-0.05, 0) is 201 Å². The van der Waals surface area contributed by atoms with Crippen molar-refractivity contribution in [1.29, 1.82) is 0 Å². The van der Waals surface area contributed by atoms with Crippen LogP contribution in [0.3, 0.4) is 0 Å². The summed E-state index contributed by atoms with van der Waals surface area (Å²) in [5.74, 6) is 0. The monoisotopic (exact) mass is 1010 g/mol. The second kappa shape index (κ2) is 16.7. The van der Waals surface area contributed by atoms with Crippen LogP contribution in [0.25, 0.3) is 20.2 Å². The number of hydrogen-bond acceptors (Lipinski definition) is 4. The number of rotatable bonds is 5. The van der Waals surface area contributed by atoms with Crippen LogP contribution < -0.4 is 31.1 Å². The number of nitrogens with zero attached hydrogens (tertiary/aromatic N) is 3. The molecule has 0 N–H and O–H groups in total. The zero-order chi connectivity index (χ0) is 55.7. The van der Waals surface area contributed by atoms with Gasteiger partial charge in [-0.15, -0.1) is 11.3 Å². The summed E-state index contributed by atoms with van der Waals surface area (Å²) in [5.41, 5.74) is 22.3. The molecule has 3 heterocycles. The number of para-hydroxylation sites is 2. The van der Waals surface area contributed by atoms with Gasteiger partial charge < -0.3 is 14.7 Å². The Hall–Kier alpha value is -6.56. The molecule has 0 spiro atoms. The van der Waals surface area contributed by atoms with E-state index in [4.69, 9.17) is 0 Å². The second-order valence-corrected chi connectivity index (χ2v) is 27.6. The second-order valence-electron chi connectivity index (χ2n) is 26.6. The van der Waals surface area contributed by atoms with Gasteiger partial charge in [0.25, 0.3) is 6.71 Å². The maximum Gasteiger partial charge on any atom is 0.252 e. The van der Waals surface area contributed by atoms with Crippen molar-refractivity contribution in [3.63, 3.8) is 0 Å². The van der Waals surface area contributed by atoms with Gasteiger partial charge in [-0.3, -0.25) is 0 Å². The van der Waals surface area contributed by atoms with Crippen LogP contribution >= 0.6 is 11.3 Å². The molecule has 0 fully saturated rings. The third kappa shape index (κ3) is 7.34. The van der Waals surface area contributed by atoms with Crippen molar-refractivity contribution in [2.24, 2.45) is 0 Å². The molecule has 0 amide bonds. The van der Waals surface area contributed by atoms with E-state index < -0.39 is 6.85 Å². The highest BCUT2D eigenvalue weighted by Crippen LogP contribution is 2.55. The summed E-state index contributed by atoms with van der Waals surface area (Å²) in [4.78, 5) is 7.40. The average Bonchev–Trinajstić information content (AvgIpc) is 2.86. The highest BCUT2D eigenvalue weighted by Gasteiger charge is 2.48. The first-order valence-corrected chi connectivity index (χ1v) is 28.7. The van der Waals surface area contributed by atoms with Gasteiger partial charge in [-0.1, -0.05) is 155 Å². The molecule has 2 aliphatic heterocycles. The van der Waals surface area contributed by atoms with Gasteiger partial charge in [0, 0.05) is 65.1 Å². The molecule has 1 aromatic heterocycles. The number of fused-ring (bicyclic) bond motifs is 9. The van der Waals surface area contributed by atoms with E-state index in [1.165, 1.54) is 70.0 Å². The van der Waals surface area contributed by atoms with Crippen LogP contribution in [0.15, 0.2) is 146 Å². The normalized spacial score (nSPS) is 18.2. The molecule has 382 valence electrons. The van der Waals surface area contributed by atoms with E-state index in [0.29, 0.717) is 5.56 Å². The Labute approximate surface area is 461 Å². The number of aryl methyl sites for hydroxylation is 3. The van der Waals surface area contributed by atoms with Crippen molar-refractivity contribution in [3.8, 4) is 0 Å². The van der Waals surface area contributed by atoms with Crippen LogP contribution in [0.2, 0.25) is 0 Å². The van der Waals surface area contributed by atoms with E-state index in [9.17, 15) is 4.11 Å². The lowest BCUT2D eigenvalue weighted by atomic mass is 9.33. The average molecular weight is 1020 g/mol. The first kappa shape index (κ1) is 45.6. The summed E-state index contributed by atoms with van der Waals surface area (Å²) in [6, 6.07) is 54.5. The van der Waals surface area contributed by atoms with E-state index in [1.807, 2.05) is 23.5 Å². The third-order valence-electron chi connectivity index (χ3n) is 18.6. The minimum absolute atomic E-state index is 0.0286. The molecular weight excluding hydrogens is 938 g/mol. The summed E-state index contributed by atoms with van der Waals surface area (Å²) < 4.78 is 30.7. The first-order chi connectivity index (χ1) is 37.2. The van der Waals surface area contributed by atoms with Crippen molar-refractivity contribution in [1.82, 2.24) is 0 Å². The summed E-state index contributed by atoms with van der Waals surface area (Å²) >= 11 is 1.84. The van der Waals surface area contributed by atoms with Gasteiger partial charge in [0.1, 0.15) is 0 Å². The van der Waals surface area contributed by atoms with Crippen molar-refractivity contribution in [2.45, 2.75) is 150 Å². The zero-order valence-corrected chi connectivity index (χ0v) is 47.8. The Bertz CT molecular complexity index is 3970. The lowest BCUT2D eigenvalue weighted by Gasteiger charge is -2.48. The van der Waals surface area contributed by atoms with Crippen LogP contribution in [0.1, 0.15) is 150 Å². The number of benzene rings is 8. The van der Waals surface area contributed by atoms with Crippen LogP contribution in [0.5, 0.6) is 0 Å². The predicted octanol–water partition coefficient (Wildman–Crippen LogP) is 18.5. The van der Waals surface area contributed by atoms with Crippen LogP contribution in [0, 0.1) is 20.7 Å². The molecule has 3 nitrogen and oxygen atoms in total. The van der Waals surface area contributed by atoms with Gasteiger partial charge in [-0.25, -0.2) is 0 Å². The molecule has 0 atom stereocenters. The van der Waals surface area contributed by atoms with Crippen LogP contribution in [0.4, 0.5) is 51.2 Å². The molecule has 4 aliphatic rings. The first-order valence-electron chi connectivity index (χ1n) is 29.4. The standard InChI is InChI=1S/C71H74BN3S/c1-43-37-61-65-62(38-43)75(58-32-30-50(67(4,5)6)64-48-23-17-20-26-63(48)76-66(58)64)59-40-47(73(56-24-18-15-21-44(56)2)57-25-19-16-22-45(57)3)28-31-54(59)72(65)55-41-52-53(71(13,14)36-35-70(52,11)12)42-60(55)74(61)46-27-29-49-51(39-46)69(9,10)34-33-68(49,7)8/h15-32,37-42H,33-36H2,1-14H3/i1D3. The topological polar surface area (TPSA) is 9.72 Å². The fourth-order valence-electron chi connectivity index (χ4n) is 14.1. The molecule has 0 saturated heterocycles. The van der Waals surface area contributed by atoms with Crippen molar-refractivity contribution < 1.29 is 4.11 Å². The highest BCUT2D eigenvalue weighted by molar-refractivity contribution is 7.26. The van der Waals surface area contributed by atoms with E-state index in [-0.39, 0.29) is 33.8 Å². The maximum absolute atomic E-state index is 9.42. The SMILES string of the molecule is [2H]C([2H])([2H])c1cc2c3c(c1)N(c1ccc(C(C)(C)C)c4c1sc1ccccc14)c1cc(N(c4ccccc4C)c4ccccc4C)ccc1B3c1cc3c(cc1N2c1ccc2c(c1)C(C)(C)CCC2(C)C)C(C)(C)CCC3(C)C. The van der Waals surface area contributed by atoms with Crippen molar-refractivity contribution >= 4 is 106 Å². The Kier molecular flexibility index (Phi) is 10.0. The summed E-state index contributed by atoms with van der Waals surface area (Å²) in [7, 11) is 0. The highest BCUT2D eigenvalue weighted by atomic mass is 32.1. The smallest absolute Gasteiger partial charge is 0.252 e. The van der Waals surface area contributed by atoms with Gasteiger partial charge in [0.05, 0.1) is 10.4 Å². The fraction of sp³-hybridized carbons (Fsp3) is 0.324. The quantitative estimate of drug-likeness (QED) is 0.159. The molecule has 0 bridgehead atoms. The summed E-state index contributed by atoms with van der Waals surface area (Å²) in [6.45, 7) is 28.1. The Morgan fingerprint density at radius 3 is 1.72 bits per heavy atom. The molecule has 9 aromatic rings.